The van der Waals surface area contributed by atoms with Gasteiger partial charge in [0.1, 0.15) is 17.2 Å². The van der Waals surface area contributed by atoms with Crippen molar-refractivity contribution in [2.75, 3.05) is 16.6 Å². The molecule has 1 spiro atoms. The number of sulfonamides is 1. The molecule has 1 aromatic carbocycles. The van der Waals surface area contributed by atoms with Crippen LogP contribution in [0.5, 0.6) is 5.75 Å². The zero-order valence-corrected chi connectivity index (χ0v) is 19.5. The van der Waals surface area contributed by atoms with Gasteiger partial charge in [-0.15, -0.1) is 0 Å². The van der Waals surface area contributed by atoms with Crippen molar-refractivity contribution >= 4 is 15.8 Å². The minimum absolute atomic E-state index is 0.123. The minimum atomic E-state index is -3.43. The number of aromatic hydroxyl groups is 1. The molecule has 4 heterocycles. The van der Waals surface area contributed by atoms with E-state index in [1.165, 1.54) is 23.1 Å². The van der Waals surface area contributed by atoms with Crippen molar-refractivity contribution in [2.24, 2.45) is 0 Å². The molecule has 0 saturated carbocycles. The Morgan fingerprint density at radius 3 is 2.79 bits per heavy atom. The van der Waals surface area contributed by atoms with Crippen LogP contribution in [0.1, 0.15) is 37.5 Å². The smallest absolute Gasteiger partial charge is 0.236 e. The summed E-state index contributed by atoms with van der Waals surface area (Å²) in [6, 6.07) is 5.61. The molecule has 174 valence electrons. The molecule has 0 bridgehead atoms. The second kappa shape index (κ2) is 8.11. The molecule has 2 aromatic heterocycles. The third-order valence-electron chi connectivity index (χ3n) is 6.94. The first-order valence-corrected chi connectivity index (χ1v) is 12.7. The number of rotatable bonds is 4. The summed E-state index contributed by atoms with van der Waals surface area (Å²) in [6.45, 7) is 5.30. The van der Waals surface area contributed by atoms with Crippen LogP contribution in [0.15, 0.2) is 47.6 Å². The molecule has 2 saturated heterocycles. The maximum atomic E-state index is 13.0. The van der Waals surface area contributed by atoms with E-state index in [0.29, 0.717) is 48.6 Å². The molecule has 2 aliphatic heterocycles. The monoisotopic (exact) mass is 469 g/mol. The second-order valence-corrected chi connectivity index (χ2v) is 10.9. The summed E-state index contributed by atoms with van der Waals surface area (Å²) in [5.41, 5.74) is 1.79. The van der Waals surface area contributed by atoms with Gasteiger partial charge in [-0.1, -0.05) is 12.1 Å². The second-order valence-electron chi connectivity index (χ2n) is 8.96. The van der Waals surface area contributed by atoms with E-state index >= 15 is 0 Å². The van der Waals surface area contributed by atoms with Crippen molar-refractivity contribution < 1.29 is 17.9 Å². The zero-order valence-electron chi connectivity index (χ0n) is 18.7. The van der Waals surface area contributed by atoms with E-state index in [4.69, 9.17) is 4.42 Å². The number of nitrogens with zero attached hydrogens (tertiary/aromatic N) is 5. The lowest BCUT2D eigenvalue weighted by molar-refractivity contribution is 0.102. The summed E-state index contributed by atoms with van der Waals surface area (Å²) in [7, 11) is -3.43. The third kappa shape index (κ3) is 3.76. The van der Waals surface area contributed by atoms with Crippen molar-refractivity contribution in [3.05, 3.63) is 54.5 Å². The van der Waals surface area contributed by atoms with E-state index in [0.717, 1.165) is 12.1 Å². The van der Waals surface area contributed by atoms with Gasteiger partial charge < -0.3 is 9.52 Å². The standard InChI is InChI=1S/C23H27N5O4S/c1-16-12-23(7-11-33(30,31)28(23)20-13-24-8-9-25-20)6-10-27(16)14-18-4-3-5-19(29)21(18)22-17(2)32-15-26-22/h3-5,8-9,13,15-16,29H,6-7,10-12,14H2,1-2H3/t16-,23-/m0/s1. The fourth-order valence-electron chi connectivity index (χ4n) is 5.34. The molecule has 2 aliphatic rings. The van der Waals surface area contributed by atoms with E-state index in [9.17, 15) is 13.5 Å². The lowest BCUT2D eigenvalue weighted by atomic mass is 9.81. The molecule has 10 heteroatoms. The van der Waals surface area contributed by atoms with Gasteiger partial charge in [0.25, 0.3) is 0 Å². The van der Waals surface area contributed by atoms with Gasteiger partial charge in [-0.05, 0) is 44.7 Å². The maximum absolute atomic E-state index is 13.0. The van der Waals surface area contributed by atoms with Crippen LogP contribution >= 0.6 is 0 Å². The van der Waals surface area contributed by atoms with Gasteiger partial charge >= 0.3 is 0 Å². The Balaban J connectivity index is 1.42. The van der Waals surface area contributed by atoms with Crippen LogP contribution in [0.4, 0.5) is 5.82 Å². The van der Waals surface area contributed by atoms with Gasteiger partial charge in [0.2, 0.25) is 10.0 Å². The van der Waals surface area contributed by atoms with Gasteiger partial charge in [-0.3, -0.25) is 9.88 Å². The Kier molecular flexibility index (Phi) is 5.37. The lowest BCUT2D eigenvalue weighted by Gasteiger charge is -2.47. The SMILES string of the molecule is Cc1ocnc1-c1c(O)cccc1CN1CC[C@]2(CCS(=O)(=O)N2c2cnccn2)C[C@@H]1C. The van der Waals surface area contributed by atoms with Crippen molar-refractivity contribution in [1.82, 2.24) is 19.9 Å². The van der Waals surface area contributed by atoms with Gasteiger partial charge in [0, 0.05) is 31.5 Å². The highest BCUT2D eigenvalue weighted by Crippen LogP contribution is 2.45. The first kappa shape index (κ1) is 21.8. The average Bonchev–Trinajstić information content (AvgIpc) is 3.31. The number of phenols is 1. The van der Waals surface area contributed by atoms with E-state index in [1.54, 1.807) is 12.3 Å². The molecule has 1 N–H and O–H groups in total. The first-order valence-electron chi connectivity index (χ1n) is 11.1. The number of phenolic OH excluding ortho intramolecular Hbond substituents is 1. The largest absolute Gasteiger partial charge is 0.507 e. The van der Waals surface area contributed by atoms with Crippen LogP contribution < -0.4 is 4.31 Å². The normalized spacial score (nSPS) is 25.0. The molecular formula is C23H27N5O4S. The Hall–Kier alpha value is -2.98. The Morgan fingerprint density at radius 2 is 2.09 bits per heavy atom. The van der Waals surface area contributed by atoms with Crippen molar-refractivity contribution in [3.8, 4) is 17.0 Å². The molecule has 0 aliphatic carbocycles. The predicted molar refractivity (Wildman–Crippen MR) is 123 cm³/mol. The molecule has 0 unspecified atom stereocenters. The molecule has 0 amide bonds. The quantitative estimate of drug-likeness (QED) is 0.620. The van der Waals surface area contributed by atoms with E-state index in [2.05, 4.69) is 26.8 Å². The van der Waals surface area contributed by atoms with Crippen LogP contribution in [-0.4, -0.2) is 57.3 Å². The van der Waals surface area contributed by atoms with Crippen LogP contribution in [0, 0.1) is 6.92 Å². The maximum Gasteiger partial charge on any atom is 0.236 e. The first-order chi connectivity index (χ1) is 15.8. The molecule has 9 nitrogen and oxygen atoms in total. The molecule has 2 fully saturated rings. The van der Waals surface area contributed by atoms with Gasteiger partial charge in [-0.2, -0.15) is 0 Å². The number of benzene rings is 1. The molecule has 3 aromatic rings. The summed E-state index contributed by atoms with van der Waals surface area (Å²) in [4.78, 5) is 15.0. The van der Waals surface area contributed by atoms with Gasteiger partial charge in [0.15, 0.2) is 12.2 Å². The Morgan fingerprint density at radius 1 is 1.24 bits per heavy atom. The van der Waals surface area contributed by atoms with E-state index in [-0.39, 0.29) is 17.5 Å². The highest BCUT2D eigenvalue weighted by atomic mass is 32.2. The fourth-order valence-corrected chi connectivity index (χ4v) is 7.39. The van der Waals surface area contributed by atoms with Crippen LogP contribution in [0.2, 0.25) is 0 Å². The van der Waals surface area contributed by atoms with Crippen molar-refractivity contribution in [1.29, 1.82) is 0 Å². The van der Waals surface area contributed by atoms with Crippen molar-refractivity contribution in [2.45, 2.75) is 51.2 Å². The van der Waals surface area contributed by atoms with Gasteiger partial charge in [0.05, 0.1) is 23.1 Å². The van der Waals surface area contributed by atoms with Crippen LogP contribution in [0.3, 0.4) is 0 Å². The lowest BCUT2D eigenvalue weighted by Crippen LogP contribution is -2.56. The topological polar surface area (TPSA) is 113 Å². The van der Waals surface area contributed by atoms with E-state index < -0.39 is 15.6 Å². The Bertz CT molecular complexity index is 1260. The minimum Gasteiger partial charge on any atom is -0.507 e. The predicted octanol–water partition coefficient (Wildman–Crippen LogP) is 3.11. The molecule has 0 radical (unpaired) electrons. The molecule has 33 heavy (non-hydrogen) atoms. The van der Waals surface area contributed by atoms with Crippen LogP contribution in [0.25, 0.3) is 11.3 Å². The number of hydrogen-bond acceptors (Lipinski definition) is 8. The molecule has 2 atom stereocenters. The summed E-state index contributed by atoms with van der Waals surface area (Å²) >= 11 is 0. The summed E-state index contributed by atoms with van der Waals surface area (Å²) < 4.78 is 32.8. The number of oxazole rings is 1. The highest BCUT2D eigenvalue weighted by Gasteiger charge is 2.53. The number of likely N-dealkylation sites (tertiary alicyclic amines) is 1. The van der Waals surface area contributed by atoms with Gasteiger partial charge in [-0.25, -0.2) is 22.7 Å². The summed E-state index contributed by atoms with van der Waals surface area (Å²) in [5.74, 6) is 1.34. The fraction of sp³-hybridized carbons (Fsp3) is 0.435. The number of hydrogen-bond donors (Lipinski definition) is 1. The zero-order chi connectivity index (χ0) is 23.2. The highest BCUT2D eigenvalue weighted by molar-refractivity contribution is 7.93. The number of anilines is 1. The van der Waals surface area contributed by atoms with Crippen molar-refractivity contribution in [3.63, 3.8) is 0 Å². The molecular weight excluding hydrogens is 442 g/mol. The third-order valence-corrected chi connectivity index (χ3v) is 8.79. The Labute approximate surface area is 193 Å². The number of aromatic nitrogens is 3. The summed E-state index contributed by atoms with van der Waals surface area (Å²) in [6.07, 6.45) is 7.97. The average molecular weight is 470 g/mol. The van der Waals surface area contributed by atoms with Crippen LogP contribution in [-0.2, 0) is 16.6 Å². The summed E-state index contributed by atoms with van der Waals surface area (Å²) in [5, 5.41) is 10.6. The number of aryl methyl sites for hydroxylation is 1. The molecule has 5 rings (SSSR count). The van der Waals surface area contributed by atoms with E-state index in [1.807, 2.05) is 19.1 Å². The number of piperidine rings is 1.